The standard InChI is InChI=1S/C18H24N6O2S/c1-2-5-14-16(27-21-20-14)18(26)23-10-8-22(9-11-23)17(25)13-12-19-24-7-4-3-6-15(13)24/h12H,2-11H2,1H3. The Bertz CT molecular complexity index is 837. The van der Waals surface area contributed by atoms with E-state index in [1.54, 1.807) is 6.20 Å². The van der Waals surface area contributed by atoms with Gasteiger partial charge in [0.05, 0.1) is 23.1 Å². The lowest BCUT2D eigenvalue weighted by molar-refractivity contribution is 0.0536. The molecule has 0 atom stereocenters. The smallest absolute Gasteiger partial charge is 0.267 e. The van der Waals surface area contributed by atoms with Gasteiger partial charge in [-0.1, -0.05) is 17.8 Å². The second kappa shape index (κ2) is 7.75. The van der Waals surface area contributed by atoms with Crippen molar-refractivity contribution in [2.75, 3.05) is 26.2 Å². The zero-order valence-electron chi connectivity index (χ0n) is 15.6. The fourth-order valence-electron chi connectivity index (χ4n) is 3.80. The van der Waals surface area contributed by atoms with Gasteiger partial charge in [0.15, 0.2) is 0 Å². The van der Waals surface area contributed by atoms with E-state index in [-0.39, 0.29) is 11.8 Å². The highest BCUT2D eigenvalue weighted by Crippen LogP contribution is 2.21. The largest absolute Gasteiger partial charge is 0.335 e. The van der Waals surface area contributed by atoms with Crippen LogP contribution in [0.5, 0.6) is 0 Å². The van der Waals surface area contributed by atoms with Crippen LogP contribution < -0.4 is 0 Å². The van der Waals surface area contributed by atoms with E-state index in [1.165, 1.54) is 11.5 Å². The average molecular weight is 388 g/mol. The van der Waals surface area contributed by atoms with Crippen molar-refractivity contribution in [1.82, 2.24) is 29.2 Å². The minimum atomic E-state index is -0.0107. The Labute approximate surface area is 162 Å². The van der Waals surface area contributed by atoms with Crippen LogP contribution in [0.1, 0.15) is 57.6 Å². The Morgan fingerprint density at radius 3 is 2.56 bits per heavy atom. The van der Waals surface area contributed by atoms with Crippen molar-refractivity contribution in [2.24, 2.45) is 0 Å². The van der Waals surface area contributed by atoms with E-state index in [0.717, 1.165) is 55.6 Å². The van der Waals surface area contributed by atoms with Crippen LogP contribution in [0.15, 0.2) is 6.20 Å². The Hall–Kier alpha value is -2.29. The molecule has 144 valence electrons. The normalized spacial score (nSPS) is 17.1. The van der Waals surface area contributed by atoms with Crippen molar-refractivity contribution < 1.29 is 9.59 Å². The summed E-state index contributed by atoms with van der Waals surface area (Å²) in [6, 6.07) is 0. The van der Waals surface area contributed by atoms with E-state index < -0.39 is 0 Å². The Kier molecular flexibility index (Phi) is 5.20. The van der Waals surface area contributed by atoms with Gasteiger partial charge in [0.1, 0.15) is 4.88 Å². The summed E-state index contributed by atoms with van der Waals surface area (Å²) < 4.78 is 5.91. The first-order valence-electron chi connectivity index (χ1n) is 9.63. The van der Waals surface area contributed by atoms with Gasteiger partial charge in [-0.2, -0.15) is 5.10 Å². The SMILES string of the molecule is CCCc1nnsc1C(=O)N1CCN(C(=O)c2cnn3c2CCCC3)CC1. The van der Waals surface area contributed by atoms with Crippen molar-refractivity contribution >= 4 is 23.3 Å². The Balaban J connectivity index is 1.40. The van der Waals surface area contributed by atoms with Gasteiger partial charge < -0.3 is 9.80 Å². The fraction of sp³-hybridized carbons (Fsp3) is 0.611. The monoisotopic (exact) mass is 388 g/mol. The summed E-state index contributed by atoms with van der Waals surface area (Å²) in [5, 5.41) is 8.46. The van der Waals surface area contributed by atoms with Crippen molar-refractivity contribution in [3.63, 3.8) is 0 Å². The summed E-state index contributed by atoms with van der Waals surface area (Å²) in [7, 11) is 0. The third-order valence-electron chi connectivity index (χ3n) is 5.30. The molecule has 0 bridgehead atoms. The molecule has 1 saturated heterocycles. The predicted molar refractivity (Wildman–Crippen MR) is 101 cm³/mol. The summed E-state index contributed by atoms with van der Waals surface area (Å²) in [4.78, 5) is 30.0. The second-order valence-corrected chi connectivity index (χ2v) is 7.82. The summed E-state index contributed by atoms with van der Waals surface area (Å²) in [6.07, 6.45) is 6.55. The molecular weight excluding hydrogens is 364 g/mol. The molecule has 2 amide bonds. The highest BCUT2D eigenvalue weighted by Gasteiger charge is 2.30. The van der Waals surface area contributed by atoms with E-state index in [9.17, 15) is 9.59 Å². The number of fused-ring (bicyclic) bond motifs is 1. The summed E-state index contributed by atoms with van der Waals surface area (Å²) in [6.45, 7) is 5.13. The van der Waals surface area contributed by atoms with Crippen molar-refractivity contribution in [1.29, 1.82) is 0 Å². The number of hydrogen-bond donors (Lipinski definition) is 0. The van der Waals surface area contributed by atoms with Crippen LogP contribution in [-0.4, -0.2) is 67.2 Å². The molecule has 0 radical (unpaired) electrons. The number of carbonyl (C=O) groups excluding carboxylic acids is 2. The molecule has 1 fully saturated rings. The van der Waals surface area contributed by atoms with Crippen LogP contribution in [0.2, 0.25) is 0 Å². The van der Waals surface area contributed by atoms with Crippen LogP contribution in [0.25, 0.3) is 0 Å². The van der Waals surface area contributed by atoms with Gasteiger partial charge in [0.25, 0.3) is 11.8 Å². The molecule has 2 aromatic heterocycles. The van der Waals surface area contributed by atoms with Crippen molar-refractivity contribution in [3.8, 4) is 0 Å². The van der Waals surface area contributed by atoms with Gasteiger partial charge in [0, 0.05) is 32.7 Å². The molecule has 0 aromatic carbocycles. The molecular formula is C18H24N6O2S. The van der Waals surface area contributed by atoms with E-state index in [4.69, 9.17) is 0 Å². The molecule has 2 aliphatic heterocycles. The predicted octanol–water partition coefficient (Wildman–Crippen LogP) is 1.62. The second-order valence-electron chi connectivity index (χ2n) is 7.07. The number of aryl methyl sites for hydroxylation is 2. The molecule has 4 heterocycles. The molecule has 27 heavy (non-hydrogen) atoms. The van der Waals surface area contributed by atoms with Gasteiger partial charge in [0.2, 0.25) is 0 Å². The van der Waals surface area contributed by atoms with E-state index >= 15 is 0 Å². The lowest BCUT2D eigenvalue weighted by Crippen LogP contribution is -2.50. The lowest BCUT2D eigenvalue weighted by Gasteiger charge is -2.34. The molecule has 0 spiro atoms. The van der Waals surface area contributed by atoms with Crippen LogP contribution in [-0.2, 0) is 19.4 Å². The molecule has 0 N–H and O–H groups in total. The molecule has 2 aliphatic rings. The summed E-state index contributed by atoms with van der Waals surface area (Å²) >= 11 is 1.17. The average Bonchev–Trinajstić information content (AvgIpc) is 3.34. The molecule has 4 rings (SSSR count). The number of rotatable bonds is 4. The third kappa shape index (κ3) is 3.47. The number of piperazine rings is 1. The van der Waals surface area contributed by atoms with Gasteiger partial charge in [-0.3, -0.25) is 14.3 Å². The lowest BCUT2D eigenvalue weighted by atomic mass is 10.1. The Morgan fingerprint density at radius 1 is 1.07 bits per heavy atom. The molecule has 0 unspecified atom stereocenters. The van der Waals surface area contributed by atoms with E-state index in [1.807, 2.05) is 14.5 Å². The van der Waals surface area contributed by atoms with Gasteiger partial charge in [-0.25, -0.2) is 0 Å². The maximum Gasteiger partial charge on any atom is 0.267 e. The number of amides is 2. The maximum absolute atomic E-state index is 12.9. The number of aromatic nitrogens is 4. The molecule has 0 saturated carbocycles. The highest BCUT2D eigenvalue weighted by molar-refractivity contribution is 7.08. The zero-order valence-corrected chi connectivity index (χ0v) is 16.4. The summed E-state index contributed by atoms with van der Waals surface area (Å²) in [5.74, 6) is 0.0276. The first-order chi connectivity index (χ1) is 13.2. The zero-order chi connectivity index (χ0) is 18.8. The molecule has 9 heteroatoms. The van der Waals surface area contributed by atoms with E-state index in [0.29, 0.717) is 31.1 Å². The van der Waals surface area contributed by atoms with Gasteiger partial charge >= 0.3 is 0 Å². The van der Waals surface area contributed by atoms with Gasteiger partial charge in [-0.15, -0.1) is 5.10 Å². The molecule has 8 nitrogen and oxygen atoms in total. The van der Waals surface area contributed by atoms with Gasteiger partial charge in [-0.05, 0) is 37.2 Å². The quantitative estimate of drug-likeness (QED) is 0.795. The first-order valence-corrected chi connectivity index (χ1v) is 10.4. The van der Waals surface area contributed by atoms with E-state index in [2.05, 4.69) is 21.6 Å². The van der Waals surface area contributed by atoms with Crippen molar-refractivity contribution in [3.05, 3.63) is 28.0 Å². The minimum Gasteiger partial charge on any atom is -0.335 e. The van der Waals surface area contributed by atoms with Crippen LogP contribution >= 0.6 is 11.5 Å². The summed E-state index contributed by atoms with van der Waals surface area (Å²) in [5.41, 5.74) is 2.58. The van der Waals surface area contributed by atoms with Crippen molar-refractivity contribution in [2.45, 2.75) is 45.6 Å². The third-order valence-corrected chi connectivity index (χ3v) is 6.06. The van der Waals surface area contributed by atoms with Crippen LogP contribution in [0.3, 0.4) is 0 Å². The van der Waals surface area contributed by atoms with Crippen LogP contribution in [0, 0.1) is 0 Å². The number of carbonyl (C=O) groups is 2. The number of nitrogens with zero attached hydrogens (tertiary/aromatic N) is 6. The first kappa shape index (κ1) is 18.1. The maximum atomic E-state index is 12.9. The highest BCUT2D eigenvalue weighted by atomic mass is 32.1. The topological polar surface area (TPSA) is 84.2 Å². The fourth-order valence-corrected chi connectivity index (χ4v) is 4.47. The molecule has 2 aromatic rings. The Morgan fingerprint density at radius 2 is 1.81 bits per heavy atom. The minimum absolute atomic E-state index is 0.0107. The molecule has 0 aliphatic carbocycles. The van der Waals surface area contributed by atoms with Crippen LogP contribution in [0.4, 0.5) is 0 Å². The number of hydrogen-bond acceptors (Lipinski definition) is 6.